The number of aliphatic imine (C=N–C) groups is 1. The van der Waals surface area contributed by atoms with Gasteiger partial charge in [-0.3, -0.25) is 9.79 Å². The lowest BCUT2D eigenvalue weighted by atomic mass is 10.0. The maximum Gasteiger partial charge on any atom is 0.341 e. The number of carboxylic acid groups (broad SMARTS) is 2. The highest BCUT2D eigenvalue weighted by Gasteiger charge is 2.18. The number of benzene rings is 2. The van der Waals surface area contributed by atoms with Gasteiger partial charge in [-0.25, -0.2) is 18.4 Å². The number of carboxylic acids is 2. The molecule has 0 bridgehead atoms. The summed E-state index contributed by atoms with van der Waals surface area (Å²) >= 11 is 0. The van der Waals surface area contributed by atoms with Crippen molar-refractivity contribution in [3.63, 3.8) is 0 Å². The summed E-state index contributed by atoms with van der Waals surface area (Å²) in [7, 11) is 0. The first-order chi connectivity index (χ1) is 15.1. The molecule has 32 heavy (non-hydrogen) atoms. The number of hydrogen-bond donors (Lipinski definition) is 2. The van der Waals surface area contributed by atoms with Gasteiger partial charge in [0, 0.05) is 23.2 Å². The molecule has 7 nitrogen and oxygen atoms in total. The number of halogens is 2. The normalized spacial score (nSPS) is 11.1. The zero-order valence-corrected chi connectivity index (χ0v) is 17.1. The quantitative estimate of drug-likeness (QED) is 0.425. The topological polar surface area (TPSA) is 109 Å². The van der Waals surface area contributed by atoms with Gasteiger partial charge in [-0.2, -0.15) is 0 Å². The number of rotatable bonds is 7. The van der Waals surface area contributed by atoms with Crippen molar-refractivity contribution in [3.8, 4) is 5.69 Å². The van der Waals surface area contributed by atoms with E-state index in [0.717, 1.165) is 29.7 Å². The van der Waals surface area contributed by atoms with Gasteiger partial charge in [0.1, 0.15) is 23.7 Å². The van der Waals surface area contributed by atoms with E-state index in [1.807, 2.05) is 26.0 Å². The molecular formula is C23H18F2N2O5. The molecule has 1 heterocycles. The summed E-state index contributed by atoms with van der Waals surface area (Å²) in [5.41, 5.74) is 1.05. The van der Waals surface area contributed by atoms with Crippen molar-refractivity contribution in [3.05, 3.63) is 87.7 Å². The number of nitrogens with zero attached hydrogens (tertiary/aromatic N) is 2. The van der Waals surface area contributed by atoms with Gasteiger partial charge in [0.05, 0.1) is 11.3 Å². The summed E-state index contributed by atoms with van der Waals surface area (Å²) in [6, 6.07) is 9.43. The molecule has 9 heteroatoms. The number of carbonyl (C=O) groups excluding carboxylic acids is 1. The predicted octanol–water partition coefficient (Wildman–Crippen LogP) is 4.07. The van der Waals surface area contributed by atoms with Crippen LogP contribution in [-0.2, 0) is 0 Å². The number of carbonyl (C=O) groups is 3. The van der Waals surface area contributed by atoms with Gasteiger partial charge < -0.3 is 14.8 Å². The van der Waals surface area contributed by atoms with Crippen molar-refractivity contribution in [2.24, 2.45) is 4.99 Å². The summed E-state index contributed by atoms with van der Waals surface area (Å²) in [6.07, 6.45) is 1.06. The first kappa shape index (κ1) is 22.5. The van der Waals surface area contributed by atoms with Crippen LogP contribution in [0.5, 0.6) is 0 Å². The molecular weight excluding hydrogens is 422 g/mol. The third-order valence-electron chi connectivity index (χ3n) is 4.82. The Morgan fingerprint density at radius 1 is 0.938 bits per heavy atom. The molecule has 0 aliphatic heterocycles. The lowest BCUT2D eigenvalue weighted by molar-refractivity contribution is 0.0679. The van der Waals surface area contributed by atoms with E-state index in [2.05, 4.69) is 4.99 Å². The van der Waals surface area contributed by atoms with Gasteiger partial charge in [0.25, 0.3) is 0 Å². The minimum Gasteiger partial charge on any atom is -0.478 e. The summed E-state index contributed by atoms with van der Waals surface area (Å²) < 4.78 is 29.2. The minimum atomic E-state index is -1.73. The molecule has 0 saturated heterocycles. The Morgan fingerprint density at radius 3 is 2.06 bits per heavy atom. The van der Waals surface area contributed by atoms with Crippen LogP contribution in [0.15, 0.2) is 47.5 Å². The predicted molar refractivity (Wildman–Crippen MR) is 112 cm³/mol. The third kappa shape index (κ3) is 4.46. The molecule has 0 saturated carbocycles. The molecule has 1 aromatic heterocycles. The van der Waals surface area contributed by atoms with E-state index in [9.17, 15) is 28.3 Å². The zero-order valence-electron chi connectivity index (χ0n) is 17.1. The van der Waals surface area contributed by atoms with E-state index in [-0.39, 0.29) is 23.2 Å². The molecule has 3 rings (SSSR count). The second-order valence-electron chi connectivity index (χ2n) is 7.05. The molecule has 0 unspecified atom stereocenters. The highest BCUT2D eigenvalue weighted by Crippen LogP contribution is 2.22. The van der Waals surface area contributed by atoms with Crippen molar-refractivity contribution in [2.45, 2.75) is 13.8 Å². The van der Waals surface area contributed by atoms with Crippen LogP contribution < -0.4 is 0 Å². The van der Waals surface area contributed by atoms with Crippen LogP contribution in [-0.4, -0.2) is 45.3 Å². The fourth-order valence-electron chi connectivity index (χ4n) is 3.32. The van der Waals surface area contributed by atoms with E-state index >= 15 is 0 Å². The number of aromatic nitrogens is 1. The standard InChI is InChI=1S/C23H18F2N2O5/c1-12-3-4-13(2)27(12)19-9-15(5-6-16(19)22(29)30)20(28)11-26-10-14-7-17(24)21(23(31)32)18(25)8-14/h3-10H,11H2,1-2H3,(H,29,30)(H,31,32). The Hall–Kier alpha value is -4.14. The molecule has 0 aliphatic carbocycles. The average Bonchev–Trinajstić information content (AvgIpc) is 3.04. The van der Waals surface area contributed by atoms with Crippen molar-refractivity contribution >= 4 is 23.9 Å². The van der Waals surface area contributed by atoms with Gasteiger partial charge in [-0.05, 0) is 55.8 Å². The van der Waals surface area contributed by atoms with Crippen LogP contribution in [0.25, 0.3) is 5.69 Å². The SMILES string of the molecule is Cc1ccc(C)n1-c1cc(C(=O)CN=Cc2cc(F)c(C(=O)O)c(F)c2)ccc1C(=O)O. The van der Waals surface area contributed by atoms with Crippen LogP contribution in [0.2, 0.25) is 0 Å². The van der Waals surface area contributed by atoms with Crippen molar-refractivity contribution < 1.29 is 33.4 Å². The Bertz CT molecular complexity index is 1230. The Morgan fingerprint density at radius 2 is 1.53 bits per heavy atom. The molecule has 0 radical (unpaired) electrons. The van der Waals surface area contributed by atoms with Gasteiger partial charge in [-0.1, -0.05) is 6.07 Å². The minimum absolute atomic E-state index is 0.0249. The van der Waals surface area contributed by atoms with Gasteiger partial charge in [0.2, 0.25) is 0 Å². The highest BCUT2D eigenvalue weighted by atomic mass is 19.1. The van der Waals surface area contributed by atoms with Crippen molar-refractivity contribution in [1.29, 1.82) is 0 Å². The lowest BCUT2D eigenvalue weighted by Crippen LogP contribution is -2.11. The molecule has 0 amide bonds. The van der Waals surface area contributed by atoms with E-state index in [1.54, 1.807) is 4.57 Å². The summed E-state index contributed by atoms with van der Waals surface area (Å²) in [5, 5.41) is 18.3. The first-order valence-electron chi connectivity index (χ1n) is 9.38. The second kappa shape index (κ2) is 8.93. The maximum absolute atomic E-state index is 13.8. The molecule has 2 N–H and O–H groups in total. The largest absolute Gasteiger partial charge is 0.478 e. The first-order valence-corrected chi connectivity index (χ1v) is 9.38. The van der Waals surface area contributed by atoms with Crippen molar-refractivity contribution in [1.82, 2.24) is 4.57 Å². The molecule has 3 aromatic rings. The number of Topliss-reactive ketones (excluding diaryl/α,β-unsaturated/α-hetero) is 1. The molecule has 0 aliphatic rings. The second-order valence-corrected chi connectivity index (χ2v) is 7.05. The molecule has 2 aromatic carbocycles. The van der Waals surface area contributed by atoms with Gasteiger partial charge in [0.15, 0.2) is 5.78 Å². The fourth-order valence-corrected chi connectivity index (χ4v) is 3.32. The molecule has 0 atom stereocenters. The summed E-state index contributed by atoms with van der Waals surface area (Å²) in [4.78, 5) is 39.0. The average molecular weight is 440 g/mol. The monoisotopic (exact) mass is 440 g/mol. The van der Waals surface area contributed by atoms with Crippen LogP contribution in [0.3, 0.4) is 0 Å². The Kier molecular flexibility index (Phi) is 6.29. The fraction of sp³-hybridized carbons (Fsp3) is 0.130. The third-order valence-corrected chi connectivity index (χ3v) is 4.82. The Labute approximate surface area is 181 Å². The summed E-state index contributed by atoms with van der Waals surface area (Å²) in [6.45, 7) is 3.26. The lowest BCUT2D eigenvalue weighted by Gasteiger charge is -2.14. The number of aryl methyl sites for hydroxylation is 2. The molecule has 0 spiro atoms. The van der Waals surface area contributed by atoms with Crippen molar-refractivity contribution in [2.75, 3.05) is 6.54 Å². The number of aromatic carboxylic acids is 2. The van der Waals surface area contributed by atoms with E-state index < -0.39 is 34.9 Å². The van der Waals surface area contributed by atoms with Crippen LogP contribution in [0, 0.1) is 25.5 Å². The zero-order chi connectivity index (χ0) is 23.6. The van der Waals surface area contributed by atoms with E-state index in [0.29, 0.717) is 5.69 Å². The molecule has 0 fully saturated rings. The summed E-state index contributed by atoms with van der Waals surface area (Å²) in [5.74, 6) is -5.82. The van der Waals surface area contributed by atoms with E-state index in [4.69, 9.17) is 5.11 Å². The Balaban J connectivity index is 1.87. The number of ketones is 1. The van der Waals surface area contributed by atoms with Crippen LogP contribution in [0.4, 0.5) is 8.78 Å². The number of hydrogen-bond acceptors (Lipinski definition) is 4. The smallest absolute Gasteiger partial charge is 0.341 e. The van der Waals surface area contributed by atoms with Gasteiger partial charge >= 0.3 is 11.9 Å². The van der Waals surface area contributed by atoms with Crippen LogP contribution in [0.1, 0.15) is 48.0 Å². The molecule has 164 valence electrons. The maximum atomic E-state index is 13.8. The van der Waals surface area contributed by atoms with Crippen LogP contribution >= 0.6 is 0 Å². The van der Waals surface area contributed by atoms with Gasteiger partial charge in [-0.15, -0.1) is 0 Å². The highest BCUT2D eigenvalue weighted by molar-refractivity contribution is 6.01. The van der Waals surface area contributed by atoms with E-state index in [1.165, 1.54) is 18.2 Å².